The molecule has 0 radical (unpaired) electrons. The van der Waals surface area contributed by atoms with E-state index >= 15 is 0 Å². The lowest BCUT2D eigenvalue weighted by molar-refractivity contribution is -0.126. The molecule has 0 spiro atoms. The summed E-state index contributed by atoms with van der Waals surface area (Å²) in [6.45, 7) is 2.39. The standard InChI is InChI=1S/C18H24N2O5/c1-23-14-3-4-16(24-2)15(8-14)20-10-13(7-17(20)21)18(22)19-9-12-5-6-25-11-12/h3-4,8,12-13H,5-7,9-11H2,1-2H3,(H,19,22)/t12-,13+/m0/s1. The van der Waals surface area contributed by atoms with Gasteiger partial charge in [0.1, 0.15) is 11.5 Å². The van der Waals surface area contributed by atoms with Gasteiger partial charge in [-0.2, -0.15) is 0 Å². The van der Waals surface area contributed by atoms with Crippen LogP contribution in [0.5, 0.6) is 11.5 Å². The Kier molecular flexibility index (Phi) is 5.43. The van der Waals surface area contributed by atoms with Gasteiger partial charge in [0, 0.05) is 38.1 Å². The quantitative estimate of drug-likeness (QED) is 0.836. The summed E-state index contributed by atoms with van der Waals surface area (Å²) in [5.41, 5.74) is 0.631. The van der Waals surface area contributed by atoms with Crippen LogP contribution in [0.1, 0.15) is 12.8 Å². The van der Waals surface area contributed by atoms with Gasteiger partial charge in [-0.25, -0.2) is 0 Å². The number of rotatable bonds is 6. The van der Waals surface area contributed by atoms with Crippen molar-refractivity contribution in [2.75, 3.05) is 45.4 Å². The summed E-state index contributed by atoms with van der Waals surface area (Å²) >= 11 is 0. The fourth-order valence-electron chi connectivity index (χ4n) is 3.26. The molecule has 3 rings (SSSR count). The fourth-order valence-corrected chi connectivity index (χ4v) is 3.26. The molecule has 2 aliphatic rings. The molecule has 0 bridgehead atoms. The molecule has 1 aromatic carbocycles. The number of anilines is 1. The van der Waals surface area contributed by atoms with Crippen molar-refractivity contribution in [1.82, 2.24) is 5.32 Å². The molecule has 0 saturated carbocycles. The van der Waals surface area contributed by atoms with Gasteiger partial charge in [-0.05, 0) is 18.6 Å². The molecule has 1 N–H and O–H groups in total. The van der Waals surface area contributed by atoms with Crippen LogP contribution < -0.4 is 19.7 Å². The van der Waals surface area contributed by atoms with Crippen molar-refractivity contribution in [3.05, 3.63) is 18.2 Å². The Hall–Kier alpha value is -2.28. The second kappa shape index (κ2) is 7.74. The maximum Gasteiger partial charge on any atom is 0.227 e. The van der Waals surface area contributed by atoms with E-state index in [4.69, 9.17) is 14.2 Å². The molecule has 0 aliphatic carbocycles. The number of nitrogens with one attached hydrogen (secondary N) is 1. The van der Waals surface area contributed by atoms with Crippen LogP contribution in [-0.4, -0.2) is 52.3 Å². The van der Waals surface area contributed by atoms with E-state index in [2.05, 4.69) is 5.32 Å². The highest BCUT2D eigenvalue weighted by molar-refractivity contribution is 6.01. The fraction of sp³-hybridized carbons (Fsp3) is 0.556. The van der Waals surface area contributed by atoms with E-state index < -0.39 is 0 Å². The molecule has 0 unspecified atom stereocenters. The molecule has 7 heteroatoms. The zero-order valence-corrected chi connectivity index (χ0v) is 14.6. The van der Waals surface area contributed by atoms with Gasteiger partial charge in [0.15, 0.2) is 0 Å². The largest absolute Gasteiger partial charge is 0.497 e. The Morgan fingerprint density at radius 3 is 2.88 bits per heavy atom. The van der Waals surface area contributed by atoms with Crippen molar-refractivity contribution in [3.63, 3.8) is 0 Å². The Bertz CT molecular complexity index is 642. The predicted octanol–water partition coefficient (Wildman–Crippen LogP) is 1.21. The number of hydrogen-bond acceptors (Lipinski definition) is 5. The predicted molar refractivity (Wildman–Crippen MR) is 91.9 cm³/mol. The van der Waals surface area contributed by atoms with Crippen molar-refractivity contribution in [2.24, 2.45) is 11.8 Å². The number of ether oxygens (including phenoxy) is 3. The Balaban J connectivity index is 1.66. The summed E-state index contributed by atoms with van der Waals surface area (Å²) in [5, 5.41) is 2.96. The third kappa shape index (κ3) is 3.87. The topological polar surface area (TPSA) is 77.1 Å². The minimum absolute atomic E-state index is 0.0791. The van der Waals surface area contributed by atoms with Crippen LogP contribution in [0.25, 0.3) is 0 Å². The van der Waals surface area contributed by atoms with Gasteiger partial charge in [-0.1, -0.05) is 0 Å². The van der Waals surface area contributed by atoms with Crippen LogP contribution in [0.4, 0.5) is 5.69 Å². The maximum atomic E-state index is 12.4. The number of amides is 2. The molecule has 2 heterocycles. The van der Waals surface area contributed by atoms with Crippen molar-refractivity contribution in [2.45, 2.75) is 12.8 Å². The summed E-state index contributed by atoms with van der Waals surface area (Å²) in [5.74, 6) is 1.07. The zero-order chi connectivity index (χ0) is 17.8. The average molecular weight is 348 g/mol. The molecule has 1 aromatic rings. The van der Waals surface area contributed by atoms with E-state index in [1.165, 1.54) is 0 Å². The number of carbonyl (C=O) groups excluding carboxylic acids is 2. The normalized spacial score (nSPS) is 23.0. The Morgan fingerprint density at radius 1 is 1.36 bits per heavy atom. The van der Waals surface area contributed by atoms with Crippen molar-refractivity contribution >= 4 is 17.5 Å². The van der Waals surface area contributed by atoms with Gasteiger partial charge in [-0.15, -0.1) is 0 Å². The molecule has 136 valence electrons. The van der Waals surface area contributed by atoms with E-state index in [1.54, 1.807) is 37.3 Å². The molecule has 7 nitrogen and oxygen atoms in total. The monoisotopic (exact) mass is 348 g/mol. The molecule has 25 heavy (non-hydrogen) atoms. The zero-order valence-electron chi connectivity index (χ0n) is 14.6. The van der Waals surface area contributed by atoms with Crippen molar-refractivity contribution in [3.8, 4) is 11.5 Å². The second-order valence-electron chi connectivity index (χ2n) is 6.42. The highest BCUT2D eigenvalue weighted by atomic mass is 16.5. The molecule has 2 amide bonds. The molecular formula is C18H24N2O5. The molecule has 2 atom stereocenters. The smallest absolute Gasteiger partial charge is 0.227 e. The minimum atomic E-state index is -0.356. The van der Waals surface area contributed by atoms with Gasteiger partial charge >= 0.3 is 0 Å². The van der Waals surface area contributed by atoms with Gasteiger partial charge in [0.2, 0.25) is 11.8 Å². The SMILES string of the molecule is COc1ccc(OC)c(N2C[C@H](C(=O)NC[C@@H]3CCOC3)CC2=O)c1. The van der Waals surface area contributed by atoms with Gasteiger partial charge < -0.3 is 24.4 Å². The highest BCUT2D eigenvalue weighted by Crippen LogP contribution is 2.36. The first-order chi connectivity index (χ1) is 12.1. The van der Waals surface area contributed by atoms with Crippen LogP contribution in [0.3, 0.4) is 0 Å². The van der Waals surface area contributed by atoms with E-state index in [0.717, 1.165) is 13.0 Å². The van der Waals surface area contributed by atoms with Crippen LogP contribution in [0.15, 0.2) is 18.2 Å². The molecular weight excluding hydrogens is 324 g/mol. The first-order valence-electron chi connectivity index (χ1n) is 8.50. The Labute approximate surface area is 147 Å². The number of hydrogen-bond donors (Lipinski definition) is 1. The number of carbonyl (C=O) groups is 2. The Morgan fingerprint density at radius 2 is 2.20 bits per heavy atom. The van der Waals surface area contributed by atoms with Gasteiger partial charge in [0.05, 0.1) is 32.4 Å². The lowest BCUT2D eigenvalue weighted by Crippen LogP contribution is -2.36. The molecule has 2 saturated heterocycles. The van der Waals surface area contributed by atoms with Gasteiger partial charge in [-0.3, -0.25) is 9.59 Å². The third-order valence-electron chi connectivity index (χ3n) is 4.76. The van der Waals surface area contributed by atoms with Crippen LogP contribution in [0, 0.1) is 11.8 Å². The average Bonchev–Trinajstić information content (AvgIpc) is 3.28. The van der Waals surface area contributed by atoms with Crippen LogP contribution in [-0.2, 0) is 14.3 Å². The summed E-state index contributed by atoms with van der Waals surface area (Å²) in [7, 11) is 3.13. The van der Waals surface area contributed by atoms with Gasteiger partial charge in [0.25, 0.3) is 0 Å². The molecule has 2 fully saturated rings. The van der Waals surface area contributed by atoms with E-state index in [-0.39, 0.29) is 24.2 Å². The second-order valence-corrected chi connectivity index (χ2v) is 6.42. The van der Waals surface area contributed by atoms with E-state index in [0.29, 0.717) is 42.8 Å². The summed E-state index contributed by atoms with van der Waals surface area (Å²) in [4.78, 5) is 26.5. The lowest BCUT2D eigenvalue weighted by atomic mass is 10.1. The van der Waals surface area contributed by atoms with Crippen molar-refractivity contribution in [1.29, 1.82) is 0 Å². The summed E-state index contributed by atoms with van der Waals surface area (Å²) in [6, 6.07) is 5.29. The van der Waals surface area contributed by atoms with Crippen molar-refractivity contribution < 1.29 is 23.8 Å². The molecule has 0 aromatic heterocycles. The third-order valence-corrected chi connectivity index (χ3v) is 4.76. The first kappa shape index (κ1) is 17.5. The van der Waals surface area contributed by atoms with E-state index in [9.17, 15) is 9.59 Å². The number of benzene rings is 1. The lowest BCUT2D eigenvalue weighted by Gasteiger charge is -2.20. The van der Waals surface area contributed by atoms with Crippen LogP contribution >= 0.6 is 0 Å². The first-order valence-corrected chi connectivity index (χ1v) is 8.50. The summed E-state index contributed by atoms with van der Waals surface area (Å²) in [6.07, 6.45) is 1.17. The minimum Gasteiger partial charge on any atom is -0.497 e. The molecule has 2 aliphatic heterocycles. The maximum absolute atomic E-state index is 12.4. The number of nitrogens with zero attached hydrogens (tertiary/aromatic N) is 1. The highest BCUT2D eigenvalue weighted by Gasteiger charge is 2.36. The number of methoxy groups -OCH3 is 2. The van der Waals surface area contributed by atoms with Crippen LogP contribution in [0.2, 0.25) is 0 Å². The summed E-state index contributed by atoms with van der Waals surface area (Å²) < 4.78 is 15.9. The van der Waals surface area contributed by atoms with E-state index in [1.807, 2.05) is 0 Å².